The molecule has 1 N–H and O–H groups in total. The van der Waals surface area contributed by atoms with Crippen molar-refractivity contribution in [1.29, 1.82) is 5.26 Å². The number of carbonyl (C=O) groups is 1. The van der Waals surface area contributed by atoms with E-state index in [0.29, 0.717) is 26.4 Å². The topological polar surface area (TPSA) is 101 Å². The van der Waals surface area contributed by atoms with Crippen LogP contribution in [0, 0.1) is 11.3 Å². The van der Waals surface area contributed by atoms with Crippen molar-refractivity contribution in [3.63, 3.8) is 0 Å². The number of rotatable bonds is 54. The molecule has 8 rings (SSSR count). The zero-order chi connectivity index (χ0) is 71.1. The molecule has 0 saturated heterocycles. The van der Waals surface area contributed by atoms with E-state index in [1.54, 1.807) is 17.4 Å². The Balaban J connectivity index is 1.15. The summed E-state index contributed by atoms with van der Waals surface area (Å²) in [4.78, 5) is 19.3. The number of benzene rings is 5. The van der Waals surface area contributed by atoms with E-state index in [1.165, 1.54) is 211 Å². The van der Waals surface area contributed by atoms with Crippen LogP contribution in [-0.4, -0.2) is 37.5 Å². The first kappa shape index (κ1) is 79.9. The largest absolute Gasteiger partial charge is 0.493 e. The summed E-state index contributed by atoms with van der Waals surface area (Å²) in [5.41, 5.74) is 10.9. The molecule has 101 heavy (non-hydrogen) atoms. The number of anilines is 3. The van der Waals surface area contributed by atoms with Crippen molar-refractivity contribution in [3.8, 4) is 71.5 Å². The normalized spacial score (nSPS) is 12.3. The number of nitrogens with zero attached hydrogens (tertiary/aromatic N) is 2. The fraction of sp³-hybridized carbons (Fsp3) is 0.538. The Morgan fingerprint density at radius 2 is 0.743 bits per heavy atom. The summed E-state index contributed by atoms with van der Waals surface area (Å²) in [5, 5.41) is 20.1. The molecule has 2 heterocycles. The number of aliphatic carboxylic acids is 1. The smallest absolute Gasteiger partial charge is 0.346 e. The number of hydrogen-bond acceptors (Lipinski definition) is 9. The minimum atomic E-state index is -1.18. The maximum atomic E-state index is 12.3. The van der Waals surface area contributed by atoms with Gasteiger partial charge in [0.25, 0.3) is 0 Å². The predicted octanol–water partition coefficient (Wildman–Crippen LogP) is 29.0. The molecule has 1 aliphatic rings. The van der Waals surface area contributed by atoms with Gasteiger partial charge in [0.2, 0.25) is 0 Å². The van der Waals surface area contributed by atoms with E-state index in [-0.39, 0.29) is 11.0 Å². The summed E-state index contributed by atoms with van der Waals surface area (Å²) in [6.45, 7) is 16.3. The van der Waals surface area contributed by atoms with Gasteiger partial charge in [-0.05, 0) is 145 Å². The Hall–Kier alpha value is -6.80. The molecule has 0 bridgehead atoms. The molecule has 10 heteroatoms. The second kappa shape index (κ2) is 45.3. The molecule has 0 unspecified atom stereocenters. The number of hydrogen-bond donors (Lipinski definition) is 1. The van der Waals surface area contributed by atoms with Crippen LogP contribution in [0.5, 0.6) is 23.0 Å². The molecule has 546 valence electrons. The highest BCUT2D eigenvalue weighted by Gasteiger charge is 2.45. The summed E-state index contributed by atoms with van der Waals surface area (Å²) in [6.07, 6.45) is 47.8. The van der Waals surface area contributed by atoms with E-state index in [2.05, 4.69) is 168 Å². The predicted molar refractivity (Wildman–Crippen MR) is 432 cm³/mol. The van der Waals surface area contributed by atoms with Crippen LogP contribution >= 0.6 is 22.7 Å². The quantitative estimate of drug-likeness (QED) is 0.0229. The van der Waals surface area contributed by atoms with Gasteiger partial charge in [-0.3, -0.25) is 0 Å². The highest BCUT2D eigenvalue weighted by atomic mass is 32.1. The average Bonchev–Trinajstić information content (AvgIpc) is 1.55. The lowest BCUT2D eigenvalue weighted by molar-refractivity contribution is -0.132. The van der Waals surface area contributed by atoms with Crippen LogP contribution in [0.3, 0.4) is 0 Å². The van der Waals surface area contributed by atoms with Gasteiger partial charge in [0, 0.05) is 65.2 Å². The average molecular weight is 1410 g/mol. The van der Waals surface area contributed by atoms with E-state index in [4.69, 9.17) is 18.9 Å². The van der Waals surface area contributed by atoms with Crippen molar-refractivity contribution in [2.75, 3.05) is 31.3 Å². The fourth-order valence-electron chi connectivity index (χ4n) is 14.5. The van der Waals surface area contributed by atoms with Crippen molar-refractivity contribution in [3.05, 3.63) is 143 Å². The molecule has 2 aromatic heterocycles. The van der Waals surface area contributed by atoms with Gasteiger partial charge in [-0.25, -0.2) is 4.79 Å². The molecule has 0 aliphatic heterocycles. The monoisotopic (exact) mass is 1400 g/mol. The van der Waals surface area contributed by atoms with Crippen LogP contribution in [0.4, 0.5) is 17.1 Å². The number of ether oxygens (including phenoxy) is 4. The van der Waals surface area contributed by atoms with Gasteiger partial charge in [-0.15, -0.1) is 22.7 Å². The molecular formula is C91H124N2O6S2. The first-order valence-electron chi connectivity index (χ1n) is 40.2. The summed E-state index contributed by atoms with van der Waals surface area (Å²) in [7, 11) is 0. The van der Waals surface area contributed by atoms with E-state index in [0.717, 1.165) is 131 Å². The number of carboxylic acid groups (broad SMARTS) is 1. The minimum Gasteiger partial charge on any atom is -0.493 e. The third-order valence-corrected chi connectivity index (χ3v) is 22.9. The van der Waals surface area contributed by atoms with Crippen molar-refractivity contribution < 1.29 is 28.8 Å². The Morgan fingerprint density at radius 1 is 0.406 bits per heavy atom. The van der Waals surface area contributed by atoms with E-state index >= 15 is 0 Å². The molecular weight excluding hydrogens is 1280 g/mol. The van der Waals surface area contributed by atoms with Gasteiger partial charge in [-0.2, -0.15) is 5.26 Å². The minimum absolute atomic E-state index is 0.191. The van der Waals surface area contributed by atoms with Gasteiger partial charge >= 0.3 is 5.97 Å². The first-order valence-corrected chi connectivity index (χ1v) is 41.9. The van der Waals surface area contributed by atoms with Gasteiger partial charge < -0.3 is 29.0 Å². The van der Waals surface area contributed by atoms with Crippen LogP contribution in [0.1, 0.15) is 302 Å². The van der Waals surface area contributed by atoms with Crippen LogP contribution in [-0.2, 0) is 10.2 Å². The van der Waals surface area contributed by atoms with Crippen molar-refractivity contribution in [2.24, 2.45) is 0 Å². The summed E-state index contributed by atoms with van der Waals surface area (Å²) < 4.78 is 25.9. The lowest BCUT2D eigenvalue weighted by atomic mass is 9.71. The molecule has 1 aliphatic carbocycles. The van der Waals surface area contributed by atoms with Gasteiger partial charge in [0.05, 0.1) is 26.4 Å². The Labute approximate surface area is 618 Å². The second-order valence-corrected chi connectivity index (χ2v) is 30.7. The maximum absolute atomic E-state index is 12.3. The zero-order valence-electron chi connectivity index (χ0n) is 63.0. The number of unbranched alkanes of at least 4 members (excludes halogenated alkanes) is 30. The molecule has 0 spiro atoms. The second-order valence-electron chi connectivity index (χ2n) is 28.6. The molecule has 0 radical (unpaired) electrons. The summed E-state index contributed by atoms with van der Waals surface area (Å²) in [6, 6.07) is 46.6. The van der Waals surface area contributed by atoms with Crippen molar-refractivity contribution >= 4 is 51.8 Å². The lowest BCUT2D eigenvalue weighted by Crippen LogP contribution is -2.25. The molecule has 0 saturated carbocycles. The maximum Gasteiger partial charge on any atom is 0.346 e. The molecule has 7 aromatic rings. The van der Waals surface area contributed by atoms with Gasteiger partial charge in [-0.1, -0.05) is 283 Å². The van der Waals surface area contributed by atoms with Crippen LogP contribution < -0.4 is 23.8 Å². The fourth-order valence-corrected chi connectivity index (χ4v) is 17.2. The van der Waals surface area contributed by atoms with Gasteiger partial charge in [0.15, 0.2) is 0 Å². The highest BCUT2D eigenvalue weighted by molar-refractivity contribution is 7.24. The molecule has 5 aromatic carbocycles. The molecule has 0 amide bonds. The SMILES string of the molecule is CCCCCCCCCCCCC1(CCCCCCCCCCCC)c2cc(/C=C(\C#N)C(=O)O)sc2-c2sc(-c3ccc(N(c4ccc(-c5ccc(OCCCCCC)cc5OCCCCCC)cc4)c4ccc(-c5ccc(OCCCCCC)cc5OCCCCCC)cc4)cc3)cc21. The summed E-state index contributed by atoms with van der Waals surface area (Å²) >= 11 is 3.54. The van der Waals surface area contributed by atoms with Crippen LogP contribution in [0.25, 0.3) is 48.5 Å². The number of thiophene rings is 2. The number of fused-ring (bicyclic) bond motifs is 3. The zero-order valence-corrected chi connectivity index (χ0v) is 64.7. The van der Waals surface area contributed by atoms with Crippen molar-refractivity contribution in [1.82, 2.24) is 0 Å². The highest BCUT2D eigenvalue weighted by Crippen LogP contribution is 2.61. The lowest BCUT2D eigenvalue weighted by Gasteiger charge is -2.31. The third-order valence-electron chi connectivity index (χ3n) is 20.5. The molecule has 0 fully saturated rings. The van der Waals surface area contributed by atoms with Crippen LogP contribution in [0.15, 0.2) is 127 Å². The first-order chi connectivity index (χ1) is 49.7. The Bertz CT molecular complexity index is 3410. The molecule has 0 atom stereocenters. The third kappa shape index (κ3) is 24.7. The van der Waals surface area contributed by atoms with Crippen LogP contribution in [0.2, 0.25) is 0 Å². The standard InChI is InChI=1S/C91H124N2O6S2/c1-7-13-19-25-27-29-31-33-35-37-59-91(60-38-36-34-32-30-28-26-20-14-8-2)83-68-80(65-74(70-92)90(94)95)100-88(83)89-84(91)69-87(101-89)73-47-53-77(54-48-73)93(75-49-43-71(44-50-75)81-57-55-78(96-61-39-21-15-9-3)66-85(81)98-63-41-23-17-11-5)76-51-45-72(46-52-76)82-58-56-79(97-62-40-22-16-10-4)67-86(82)99-64-42-24-18-12-6/h43-58,65-69H,7-42,59-64H2,1-6H3,(H,94,95)/b74-65+. The Kier molecular flexibility index (Phi) is 35.9. The summed E-state index contributed by atoms with van der Waals surface area (Å²) in [5.74, 6) is 2.23. The molecule has 8 nitrogen and oxygen atoms in total. The van der Waals surface area contributed by atoms with E-state index < -0.39 is 5.97 Å². The Morgan fingerprint density at radius 3 is 1.12 bits per heavy atom. The van der Waals surface area contributed by atoms with Gasteiger partial charge in [0.1, 0.15) is 34.6 Å². The van der Waals surface area contributed by atoms with Crippen molar-refractivity contribution in [2.45, 2.75) is 291 Å². The number of carboxylic acids is 1. The van der Waals surface area contributed by atoms with E-state index in [9.17, 15) is 15.2 Å². The number of nitriles is 1. The van der Waals surface area contributed by atoms with E-state index in [1.807, 2.05) is 17.4 Å².